The molecule has 0 spiro atoms. The Morgan fingerprint density at radius 1 is 1.05 bits per heavy atom. The smallest absolute Gasteiger partial charge is 0.344 e. The van der Waals surface area contributed by atoms with Gasteiger partial charge < -0.3 is 5.32 Å². The van der Waals surface area contributed by atoms with Crippen LogP contribution in [0.15, 0.2) is 30.3 Å². The van der Waals surface area contributed by atoms with Gasteiger partial charge in [-0.3, -0.25) is 4.79 Å². The molecule has 1 N–H and O–H groups in total. The molecule has 2 nitrogen and oxygen atoms in total. The van der Waals surface area contributed by atoms with E-state index in [0.717, 1.165) is 0 Å². The van der Waals surface area contributed by atoms with E-state index in [0.29, 0.717) is 0 Å². The molecule has 0 aliphatic rings. The Hall–Kier alpha value is -1.73. The largest absolute Gasteiger partial charge is 0.408 e. The van der Waals surface area contributed by atoms with E-state index in [1.165, 1.54) is 29.6 Å². The molecule has 20 heavy (non-hydrogen) atoms. The molecule has 0 fully saturated rings. The van der Waals surface area contributed by atoms with Crippen molar-refractivity contribution in [3.8, 4) is 0 Å². The highest BCUT2D eigenvalue weighted by atomic mass is 19.4. The molecule has 1 aromatic rings. The number of halogens is 6. The molecule has 112 valence electrons. The van der Waals surface area contributed by atoms with Crippen molar-refractivity contribution in [3.63, 3.8) is 0 Å². The van der Waals surface area contributed by atoms with Gasteiger partial charge in [-0.15, -0.1) is 0 Å². The fraction of sp³-hybridized carbons (Fsp3) is 0.417. The van der Waals surface area contributed by atoms with E-state index < -0.39 is 37.1 Å². The molecule has 1 atom stereocenters. The number of carbonyl (C=O) groups is 1. The Balaban J connectivity index is 2.74. The normalized spacial score (nSPS) is 13.9. The van der Waals surface area contributed by atoms with Crippen LogP contribution in [-0.4, -0.2) is 24.3 Å². The second-order valence-electron chi connectivity index (χ2n) is 4.14. The number of carbonyl (C=O) groups excluding carboxylic acids is 1. The first-order chi connectivity index (χ1) is 9.08. The van der Waals surface area contributed by atoms with Crippen LogP contribution in [0.5, 0.6) is 0 Å². The number of rotatable bonds is 4. The SMILES string of the molecule is O=C(CC(F)(F)F)N[C@H](Cc1ccccc1)C(F)(F)F. The van der Waals surface area contributed by atoms with E-state index in [9.17, 15) is 31.1 Å². The molecule has 0 aromatic heterocycles. The predicted molar refractivity (Wildman–Crippen MR) is 58.8 cm³/mol. The zero-order chi connectivity index (χ0) is 15.4. The molecule has 0 heterocycles. The van der Waals surface area contributed by atoms with Gasteiger partial charge in [0.15, 0.2) is 0 Å². The third kappa shape index (κ3) is 5.94. The lowest BCUT2D eigenvalue weighted by Crippen LogP contribution is -2.47. The van der Waals surface area contributed by atoms with Crippen LogP contribution in [-0.2, 0) is 11.2 Å². The highest BCUT2D eigenvalue weighted by molar-refractivity contribution is 5.77. The highest BCUT2D eigenvalue weighted by Gasteiger charge is 2.42. The van der Waals surface area contributed by atoms with Crippen LogP contribution in [0.2, 0.25) is 0 Å². The second kappa shape index (κ2) is 6.15. The molecule has 1 amide bonds. The van der Waals surface area contributed by atoms with Crippen molar-refractivity contribution < 1.29 is 31.1 Å². The van der Waals surface area contributed by atoms with Crippen molar-refractivity contribution in [2.24, 2.45) is 0 Å². The van der Waals surface area contributed by atoms with Crippen molar-refractivity contribution in [3.05, 3.63) is 35.9 Å². The highest BCUT2D eigenvalue weighted by Crippen LogP contribution is 2.25. The minimum Gasteiger partial charge on any atom is -0.344 e. The first-order valence-corrected chi connectivity index (χ1v) is 5.54. The van der Waals surface area contributed by atoms with E-state index in [4.69, 9.17) is 0 Å². The van der Waals surface area contributed by atoms with E-state index in [2.05, 4.69) is 0 Å². The summed E-state index contributed by atoms with van der Waals surface area (Å²) in [5.74, 6) is -1.70. The van der Waals surface area contributed by atoms with Crippen molar-refractivity contribution in [2.75, 3.05) is 0 Å². The fourth-order valence-electron chi connectivity index (χ4n) is 1.53. The first kappa shape index (κ1) is 16.3. The quantitative estimate of drug-likeness (QED) is 0.850. The van der Waals surface area contributed by atoms with Crippen LogP contribution in [0, 0.1) is 0 Å². The Morgan fingerprint density at radius 2 is 1.60 bits per heavy atom. The third-order valence-corrected chi connectivity index (χ3v) is 2.37. The summed E-state index contributed by atoms with van der Waals surface area (Å²) in [6, 6.07) is 5.04. The Labute approximate surface area is 110 Å². The predicted octanol–water partition coefficient (Wildman–Crippen LogP) is 3.23. The van der Waals surface area contributed by atoms with Gasteiger partial charge in [0.25, 0.3) is 0 Å². The van der Waals surface area contributed by atoms with Crippen LogP contribution >= 0.6 is 0 Å². The molecule has 0 aliphatic heterocycles. The number of benzene rings is 1. The van der Waals surface area contributed by atoms with Gasteiger partial charge in [0.1, 0.15) is 12.5 Å². The van der Waals surface area contributed by atoms with Gasteiger partial charge in [0.2, 0.25) is 5.91 Å². The first-order valence-electron chi connectivity index (χ1n) is 5.54. The molecule has 0 unspecified atom stereocenters. The lowest BCUT2D eigenvalue weighted by atomic mass is 10.1. The molecule has 0 aliphatic carbocycles. The average molecular weight is 299 g/mol. The van der Waals surface area contributed by atoms with Gasteiger partial charge >= 0.3 is 12.4 Å². The maximum atomic E-state index is 12.7. The Bertz CT molecular complexity index is 440. The summed E-state index contributed by atoms with van der Waals surface area (Å²) in [5, 5.41) is 1.38. The molecule has 0 radical (unpaired) electrons. The van der Waals surface area contributed by atoms with Gasteiger partial charge in [-0.25, -0.2) is 0 Å². The van der Waals surface area contributed by atoms with Crippen LogP contribution in [0.25, 0.3) is 0 Å². The van der Waals surface area contributed by atoms with E-state index in [1.54, 1.807) is 6.07 Å². The average Bonchev–Trinajstić information content (AvgIpc) is 2.25. The van der Waals surface area contributed by atoms with E-state index in [-0.39, 0.29) is 5.56 Å². The van der Waals surface area contributed by atoms with Gasteiger partial charge in [-0.05, 0) is 5.56 Å². The Kier molecular flexibility index (Phi) is 5.02. The monoisotopic (exact) mass is 299 g/mol. The number of amides is 1. The van der Waals surface area contributed by atoms with Gasteiger partial charge in [0.05, 0.1) is 0 Å². The number of nitrogens with one attached hydrogen (secondary N) is 1. The third-order valence-electron chi connectivity index (χ3n) is 2.37. The lowest BCUT2D eigenvalue weighted by molar-refractivity contribution is -0.171. The van der Waals surface area contributed by atoms with Crippen molar-refractivity contribution in [1.29, 1.82) is 0 Å². The van der Waals surface area contributed by atoms with Gasteiger partial charge in [-0.1, -0.05) is 30.3 Å². The molecule has 0 bridgehead atoms. The second-order valence-corrected chi connectivity index (χ2v) is 4.14. The summed E-state index contributed by atoms with van der Waals surface area (Å²) in [6.45, 7) is 0. The topological polar surface area (TPSA) is 29.1 Å². The Morgan fingerprint density at radius 3 is 2.05 bits per heavy atom. The standard InChI is InChI=1S/C12H11F6NO/c13-11(14,15)7-10(20)19-9(12(16,17)18)6-8-4-2-1-3-5-8/h1-5,9H,6-7H2,(H,19,20)/t9-/m1/s1. The zero-order valence-electron chi connectivity index (χ0n) is 10.1. The summed E-state index contributed by atoms with van der Waals surface area (Å²) >= 11 is 0. The number of alkyl halides is 6. The number of hydrogen-bond donors (Lipinski definition) is 1. The van der Waals surface area contributed by atoms with E-state index in [1.807, 2.05) is 0 Å². The molecule has 8 heteroatoms. The van der Waals surface area contributed by atoms with Crippen LogP contribution in [0.1, 0.15) is 12.0 Å². The molecular weight excluding hydrogens is 288 g/mol. The minimum atomic E-state index is -4.84. The maximum absolute atomic E-state index is 12.7. The van der Waals surface area contributed by atoms with E-state index >= 15 is 0 Å². The summed E-state index contributed by atoms with van der Waals surface area (Å²) in [4.78, 5) is 11.0. The summed E-state index contributed by atoms with van der Waals surface area (Å²) in [6.07, 6.45) is -12.2. The van der Waals surface area contributed by atoms with Crippen molar-refractivity contribution >= 4 is 5.91 Å². The number of hydrogen-bond acceptors (Lipinski definition) is 1. The summed E-state index contributed by atoms with van der Waals surface area (Å²) in [5.41, 5.74) is 0.266. The van der Waals surface area contributed by atoms with Crippen LogP contribution < -0.4 is 5.32 Å². The maximum Gasteiger partial charge on any atom is 0.408 e. The van der Waals surface area contributed by atoms with Crippen molar-refractivity contribution in [1.82, 2.24) is 5.32 Å². The van der Waals surface area contributed by atoms with Crippen LogP contribution in [0.4, 0.5) is 26.3 Å². The fourth-order valence-corrected chi connectivity index (χ4v) is 1.53. The molecule has 1 rings (SSSR count). The van der Waals surface area contributed by atoms with Gasteiger partial charge in [-0.2, -0.15) is 26.3 Å². The van der Waals surface area contributed by atoms with Crippen molar-refractivity contribution in [2.45, 2.75) is 31.2 Å². The van der Waals surface area contributed by atoms with Gasteiger partial charge in [0, 0.05) is 6.42 Å². The minimum absolute atomic E-state index is 0.266. The molecule has 0 saturated heterocycles. The molecular formula is C12H11F6NO. The molecule has 0 saturated carbocycles. The zero-order valence-corrected chi connectivity index (χ0v) is 10.1. The van der Waals surface area contributed by atoms with Crippen LogP contribution in [0.3, 0.4) is 0 Å². The molecule has 1 aromatic carbocycles. The lowest BCUT2D eigenvalue weighted by Gasteiger charge is -2.22. The summed E-state index contributed by atoms with van der Waals surface area (Å²) < 4.78 is 73.9. The summed E-state index contributed by atoms with van der Waals surface area (Å²) in [7, 11) is 0.